The van der Waals surface area contributed by atoms with Gasteiger partial charge in [-0.1, -0.05) is 108 Å². The third-order valence-electron chi connectivity index (χ3n) is 7.51. The molecule has 1 nitrogen and oxygen atoms in total. The topological polar surface area (TPSA) is 9.23 Å². The zero-order chi connectivity index (χ0) is 27.8. The minimum absolute atomic E-state index is 0.0226. The average molecular weight is 544 g/mol. The Bertz CT molecular complexity index is 1250. The average Bonchev–Trinajstić information content (AvgIpc) is 2.78. The lowest BCUT2D eigenvalue weighted by atomic mass is 9.74. The highest BCUT2D eigenvalue weighted by Gasteiger charge is 2.32. The monoisotopic (exact) mass is 542 g/mol. The first-order chi connectivity index (χ1) is 17.1. The Morgan fingerprint density at radius 1 is 0.757 bits per heavy atom. The fraction of sp³-hybridized carbons (Fsp3) is 0.455. The second kappa shape index (κ2) is 11.0. The van der Waals surface area contributed by atoms with E-state index in [1.165, 1.54) is 5.56 Å². The first kappa shape index (κ1) is 29.5. The van der Waals surface area contributed by atoms with Gasteiger partial charge < -0.3 is 4.74 Å². The summed E-state index contributed by atoms with van der Waals surface area (Å²) in [6.07, 6.45) is 2.08. The summed E-state index contributed by atoms with van der Waals surface area (Å²) < 4.78 is 22.1. The van der Waals surface area contributed by atoms with Gasteiger partial charge in [-0.3, -0.25) is 0 Å². The van der Waals surface area contributed by atoms with E-state index >= 15 is 4.39 Å². The third-order valence-corrected chi connectivity index (χ3v) is 8.14. The van der Waals surface area contributed by atoms with Gasteiger partial charge in [-0.2, -0.15) is 0 Å². The molecule has 0 aliphatic heterocycles. The summed E-state index contributed by atoms with van der Waals surface area (Å²) in [4.78, 5) is 0. The molecule has 3 aromatic rings. The van der Waals surface area contributed by atoms with E-state index in [2.05, 4.69) is 66.7 Å². The molecule has 0 saturated carbocycles. The highest BCUT2D eigenvalue weighted by Crippen LogP contribution is 2.41. The van der Waals surface area contributed by atoms with E-state index in [1.807, 2.05) is 37.3 Å². The summed E-state index contributed by atoms with van der Waals surface area (Å²) in [5, 5.41) is 1.22. The lowest BCUT2D eigenvalue weighted by Gasteiger charge is -2.32. The Hall–Kier alpha value is -2.03. The molecular formula is C33H41Cl2FO. The molecule has 3 aromatic carbocycles. The number of halogens is 3. The Morgan fingerprint density at radius 3 is 1.92 bits per heavy atom. The molecule has 0 aliphatic carbocycles. The summed E-state index contributed by atoms with van der Waals surface area (Å²) in [7, 11) is 1.74. The largest absolute Gasteiger partial charge is 0.496 e. The summed E-state index contributed by atoms with van der Waals surface area (Å²) >= 11 is 13.0. The van der Waals surface area contributed by atoms with Crippen molar-refractivity contribution in [3.05, 3.63) is 97.8 Å². The minimum Gasteiger partial charge on any atom is -0.496 e. The van der Waals surface area contributed by atoms with Gasteiger partial charge in [0.25, 0.3) is 0 Å². The minimum atomic E-state index is -0.437. The molecule has 0 fully saturated rings. The Balaban J connectivity index is 1.95. The number of ether oxygens (including phenoxy) is 1. The van der Waals surface area contributed by atoms with Crippen LogP contribution in [0.4, 0.5) is 4.39 Å². The van der Waals surface area contributed by atoms with Crippen molar-refractivity contribution in [1.29, 1.82) is 0 Å². The zero-order valence-electron chi connectivity index (χ0n) is 23.8. The van der Waals surface area contributed by atoms with Crippen LogP contribution in [-0.4, -0.2) is 7.11 Å². The molecule has 0 saturated heterocycles. The molecule has 0 unspecified atom stereocenters. The molecule has 0 aromatic heterocycles. The molecule has 0 N–H and O–H groups in total. The number of para-hydroxylation sites is 1. The molecule has 0 heterocycles. The van der Waals surface area contributed by atoms with Crippen molar-refractivity contribution in [3.8, 4) is 5.75 Å². The van der Waals surface area contributed by atoms with Crippen molar-refractivity contribution < 1.29 is 9.13 Å². The van der Waals surface area contributed by atoms with Crippen LogP contribution in [0.1, 0.15) is 88.3 Å². The zero-order valence-corrected chi connectivity index (χ0v) is 25.3. The summed E-state index contributed by atoms with van der Waals surface area (Å²) in [5.41, 5.74) is 4.79. The number of benzene rings is 3. The van der Waals surface area contributed by atoms with Crippen LogP contribution in [0.25, 0.3) is 0 Å². The van der Waals surface area contributed by atoms with Crippen molar-refractivity contribution in [2.75, 3.05) is 7.11 Å². The standard InChI is InChI=1S/C33H41Cl2FO/c1-21-16-17-23(20-33(7,8)28-25(34)14-11-15-26(28)35)29(36)27(21)32(5,6)19-18-22-12-10-13-24(30(22)37-9)31(2,3)4/h10-17H,18-20H2,1-9H3. The summed E-state index contributed by atoms with van der Waals surface area (Å²) in [5.74, 6) is 0.812. The van der Waals surface area contributed by atoms with E-state index in [9.17, 15) is 0 Å². The molecule has 200 valence electrons. The summed E-state index contributed by atoms with van der Waals surface area (Å²) in [6.45, 7) is 17.0. The van der Waals surface area contributed by atoms with Crippen LogP contribution in [0.2, 0.25) is 10.0 Å². The maximum Gasteiger partial charge on any atom is 0.130 e. The second-order valence-electron chi connectivity index (χ2n) is 12.5. The Kier molecular flexibility index (Phi) is 8.77. The highest BCUT2D eigenvalue weighted by atomic mass is 35.5. The third kappa shape index (κ3) is 6.35. The molecule has 37 heavy (non-hydrogen) atoms. The number of hydrogen-bond donors (Lipinski definition) is 0. The molecule has 0 amide bonds. The highest BCUT2D eigenvalue weighted by molar-refractivity contribution is 6.36. The van der Waals surface area contributed by atoms with Gasteiger partial charge in [0.15, 0.2) is 0 Å². The van der Waals surface area contributed by atoms with Gasteiger partial charge in [-0.25, -0.2) is 4.39 Å². The van der Waals surface area contributed by atoms with Gasteiger partial charge >= 0.3 is 0 Å². The van der Waals surface area contributed by atoms with E-state index in [0.29, 0.717) is 22.0 Å². The van der Waals surface area contributed by atoms with E-state index in [1.54, 1.807) is 7.11 Å². The lowest BCUT2D eigenvalue weighted by Crippen LogP contribution is -2.26. The van der Waals surface area contributed by atoms with Gasteiger partial charge in [-0.05, 0) is 87.9 Å². The maximum absolute atomic E-state index is 16.3. The van der Waals surface area contributed by atoms with Gasteiger partial charge in [0.2, 0.25) is 0 Å². The van der Waals surface area contributed by atoms with Crippen molar-refractivity contribution in [2.24, 2.45) is 0 Å². The number of methoxy groups -OCH3 is 1. The van der Waals surface area contributed by atoms with Crippen LogP contribution in [0.5, 0.6) is 5.75 Å². The molecular weight excluding hydrogens is 502 g/mol. The first-order valence-electron chi connectivity index (χ1n) is 13.0. The van der Waals surface area contributed by atoms with Crippen LogP contribution < -0.4 is 4.74 Å². The van der Waals surface area contributed by atoms with Gasteiger partial charge in [0.05, 0.1) is 7.11 Å². The van der Waals surface area contributed by atoms with Crippen molar-refractivity contribution in [3.63, 3.8) is 0 Å². The van der Waals surface area contributed by atoms with Crippen LogP contribution in [0.15, 0.2) is 48.5 Å². The molecule has 0 bridgehead atoms. The van der Waals surface area contributed by atoms with Crippen molar-refractivity contribution in [1.82, 2.24) is 0 Å². The first-order valence-corrected chi connectivity index (χ1v) is 13.7. The van der Waals surface area contributed by atoms with E-state index in [4.69, 9.17) is 27.9 Å². The predicted molar refractivity (Wildman–Crippen MR) is 157 cm³/mol. The normalized spacial score (nSPS) is 12.6. The van der Waals surface area contributed by atoms with Crippen LogP contribution >= 0.6 is 23.2 Å². The molecule has 0 atom stereocenters. The van der Waals surface area contributed by atoms with Gasteiger partial charge in [0.1, 0.15) is 11.6 Å². The molecule has 0 radical (unpaired) electrons. The molecule has 4 heteroatoms. The molecule has 0 aliphatic rings. The van der Waals surface area contributed by atoms with Gasteiger partial charge in [0, 0.05) is 10.0 Å². The summed E-state index contributed by atoms with van der Waals surface area (Å²) in [6, 6.07) is 15.8. The van der Waals surface area contributed by atoms with E-state index in [-0.39, 0.29) is 16.6 Å². The SMILES string of the molecule is COc1c(CCC(C)(C)c2c(C)ccc(CC(C)(C)c3c(Cl)cccc3Cl)c2F)cccc1C(C)(C)C. The maximum atomic E-state index is 16.3. The van der Waals surface area contributed by atoms with Crippen LogP contribution in [0.3, 0.4) is 0 Å². The number of aryl methyl sites for hydroxylation is 2. The quantitative estimate of drug-likeness (QED) is 0.275. The van der Waals surface area contributed by atoms with Crippen molar-refractivity contribution in [2.45, 2.75) is 90.9 Å². The van der Waals surface area contributed by atoms with E-state index < -0.39 is 5.41 Å². The fourth-order valence-electron chi connectivity index (χ4n) is 5.58. The van der Waals surface area contributed by atoms with Crippen LogP contribution in [-0.2, 0) is 29.1 Å². The predicted octanol–water partition coefficient (Wildman–Crippen LogP) is 10.2. The number of hydrogen-bond acceptors (Lipinski definition) is 1. The Labute approximate surface area is 233 Å². The molecule has 0 spiro atoms. The fourth-order valence-corrected chi connectivity index (χ4v) is 6.49. The smallest absolute Gasteiger partial charge is 0.130 e. The van der Waals surface area contributed by atoms with Gasteiger partial charge in [-0.15, -0.1) is 0 Å². The molecule has 3 rings (SSSR count). The van der Waals surface area contributed by atoms with E-state index in [0.717, 1.165) is 40.8 Å². The second-order valence-corrected chi connectivity index (χ2v) is 13.3. The number of rotatable bonds is 8. The van der Waals surface area contributed by atoms with Crippen molar-refractivity contribution >= 4 is 23.2 Å². The Morgan fingerprint density at radius 2 is 1.35 bits per heavy atom. The van der Waals surface area contributed by atoms with Crippen LogP contribution in [0, 0.1) is 12.7 Å². The lowest BCUT2D eigenvalue weighted by molar-refractivity contribution is 0.386.